The molecule has 0 bridgehead atoms. The third-order valence-corrected chi connectivity index (χ3v) is 0. The Kier molecular flexibility index (Phi) is 20.8. The summed E-state index contributed by atoms with van der Waals surface area (Å²) >= 11 is 1.79. The van der Waals surface area contributed by atoms with Gasteiger partial charge in [0.1, 0.15) is 0 Å². The van der Waals surface area contributed by atoms with Crippen LogP contribution in [0.2, 0.25) is 0 Å². The van der Waals surface area contributed by atoms with Gasteiger partial charge in [-0.1, -0.05) is 0 Å². The summed E-state index contributed by atoms with van der Waals surface area (Å²) in [6, 6.07) is 0. The number of hydrogen-bond donors (Lipinski definition) is 0. The molecule has 4 heteroatoms. The normalized spacial score (nSPS) is 4.25. The van der Waals surface area contributed by atoms with E-state index < -0.39 is 0 Å². The zero-order valence-electron chi connectivity index (χ0n) is 2.73. The molecule has 0 spiro atoms. The molecule has 3 radical (unpaired) electrons. The summed E-state index contributed by atoms with van der Waals surface area (Å²) in [5, 5.41) is 0. The molecule has 0 saturated carbocycles. The van der Waals surface area contributed by atoms with Crippen molar-refractivity contribution in [2.75, 3.05) is 0 Å². The van der Waals surface area contributed by atoms with Crippen LogP contribution in [-0.2, 0) is 0 Å². The van der Waals surface area contributed by atoms with E-state index in [9.17, 15) is 0 Å². The fourth-order valence-corrected chi connectivity index (χ4v) is 0. The minimum atomic E-state index is 0. The second-order valence-electron chi connectivity index (χ2n) is 0.258. The van der Waals surface area contributed by atoms with Gasteiger partial charge in [-0.25, -0.2) is 0 Å². The van der Waals surface area contributed by atoms with Gasteiger partial charge in [-0.3, -0.25) is 0 Å². The quantitative estimate of drug-likeness (QED) is 0.391. The van der Waals surface area contributed by atoms with Gasteiger partial charge in [0.05, 0.1) is 0 Å². The second kappa shape index (κ2) is 8.89. The van der Waals surface area contributed by atoms with Crippen LogP contribution in [-0.4, -0.2) is 64.3 Å². The first-order valence-corrected chi connectivity index (χ1v) is 3.46. The van der Waals surface area contributed by atoms with Gasteiger partial charge in [0.15, 0.2) is 0 Å². The first kappa shape index (κ1) is 9.37. The summed E-state index contributed by atoms with van der Waals surface area (Å²) in [5.74, 6) is 0. The average Bonchev–Trinajstić information content (AvgIpc) is 0.918. The Morgan fingerprint density at radius 2 is 1.75 bits per heavy atom. The maximum absolute atomic E-state index is 2.19. The van der Waals surface area contributed by atoms with Crippen LogP contribution in [0.1, 0.15) is 0 Å². The topological polar surface area (TPSA) is 0 Å². The monoisotopic (exact) mass is 383 g/mol. The van der Waals surface area contributed by atoms with E-state index in [1.807, 2.05) is 0 Å². The maximum atomic E-state index is 2.19. The third kappa shape index (κ3) is 9.00. The fraction of sp³-hybridized carbons (Fsp3) is 0. The molecule has 0 heterocycles. The van der Waals surface area contributed by atoms with Crippen LogP contribution in [0.25, 0.3) is 0 Å². The van der Waals surface area contributed by atoms with E-state index in [1.54, 1.807) is 22.1 Å². The molecule has 23 valence electrons. The first-order valence-electron chi connectivity index (χ1n) is 0.836. The second-order valence-corrected chi connectivity index (χ2v) is 5.20. The van der Waals surface area contributed by atoms with Crippen molar-refractivity contribution in [1.82, 2.24) is 0 Å². The zero-order chi connectivity index (χ0) is 2.71. The Bertz CT molecular complexity index is 8.00. The van der Waals surface area contributed by atoms with Crippen molar-refractivity contribution < 1.29 is 0 Å². The minimum absolute atomic E-state index is 0. The van der Waals surface area contributed by atoms with Crippen LogP contribution in [0.15, 0.2) is 0 Å². The van der Waals surface area contributed by atoms with Crippen LogP contribution in [0.4, 0.5) is 0 Å². The molecular weight excluding hydrogens is 374 g/mol. The van der Waals surface area contributed by atoms with Crippen molar-refractivity contribution in [3.8, 4) is 0 Å². The molecule has 0 aromatic rings. The molecule has 0 nitrogen and oxygen atoms in total. The average molecular weight is 380 g/mol. The van der Waals surface area contributed by atoms with Crippen molar-refractivity contribution >= 4 is 64.3 Å². The van der Waals surface area contributed by atoms with Crippen LogP contribution < -0.4 is 0 Å². The molecule has 0 aliphatic carbocycles. The van der Waals surface area contributed by atoms with E-state index in [0.717, 1.165) is 0 Å². The SMILES string of the molecule is [PbH2].[SiH3][B][TeH]. The summed E-state index contributed by atoms with van der Waals surface area (Å²) in [5.41, 5.74) is 0. The Labute approximate surface area is 63.5 Å². The van der Waals surface area contributed by atoms with Gasteiger partial charge < -0.3 is 0 Å². The predicted octanol–water partition coefficient (Wildman–Crippen LogP) is -3.13. The molecule has 0 aliphatic heterocycles. The molecule has 0 aliphatic rings. The van der Waals surface area contributed by atoms with Gasteiger partial charge >= 0.3 is 64.3 Å². The molecule has 0 aromatic heterocycles. The molecule has 0 fully saturated rings. The third-order valence-electron chi connectivity index (χ3n) is 0. The molecular formula is H6BPbSiTe. The van der Waals surface area contributed by atoms with Gasteiger partial charge in [-0.15, -0.1) is 0 Å². The van der Waals surface area contributed by atoms with Crippen LogP contribution >= 0.6 is 0 Å². The van der Waals surface area contributed by atoms with Gasteiger partial charge in [-0.2, -0.15) is 0 Å². The fourth-order valence-electron chi connectivity index (χ4n) is 0. The zero-order valence-corrected chi connectivity index (χ0v) is 12.8. The standard InChI is InChI=1S/BH4SiTe.Pb.2H/c2-1-3;;;/h3H,2H3;;;. The number of hydrogen-bond acceptors (Lipinski definition) is 0. The summed E-state index contributed by atoms with van der Waals surface area (Å²) in [7, 11) is 1.27. The summed E-state index contributed by atoms with van der Waals surface area (Å²) < 4.78 is 2.19. The Hall–Kier alpha value is 1.99. The van der Waals surface area contributed by atoms with E-state index >= 15 is 0 Å². The summed E-state index contributed by atoms with van der Waals surface area (Å²) in [6.07, 6.45) is 0. The Morgan fingerprint density at radius 3 is 1.75 bits per heavy atom. The number of rotatable bonds is 0. The molecule has 0 N–H and O–H groups in total. The molecule has 0 amide bonds. The van der Waals surface area contributed by atoms with E-state index in [4.69, 9.17) is 0 Å². The molecule has 4 heavy (non-hydrogen) atoms. The van der Waals surface area contributed by atoms with E-state index in [-0.39, 0.29) is 27.3 Å². The first-order chi connectivity index (χ1) is 1.41. The predicted molar refractivity (Wildman–Crippen MR) is 31.4 cm³/mol. The molecule has 0 rings (SSSR count). The molecule has 0 aromatic carbocycles. The van der Waals surface area contributed by atoms with E-state index in [1.165, 1.54) is 10.1 Å². The van der Waals surface area contributed by atoms with Gasteiger partial charge in [0, 0.05) is 0 Å². The van der Waals surface area contributed by atoms with Crippen molar-refractivity contribution in [3.05, 3.63) is 0 Å². The summed E-state index contributed by atoms with van der Waals surface area (Å²) in [6.45, 7) is 0. The Balaban J connectivity index is 0. The van der Waals surface area contributed by atoms with Crippen LogP contribution in [0.3, 0.4) is 0 Å². The van der Waals surface area contributed by atoms with Gasteiger partial charge in [0.2, 0.25) is 0 Å². The van der Waals surface area contributed by atoms with Crippen molar-refractivity contribution in [3.63, 3.8) is 0 Å². The van der Waals surface area contributed by atoms with Crippen molar-refractivity contribution in [2.24, 2.45) is 0 Å². The molecule has 0 saturated heterocycles. The van der Waals surface area contributed by atoms with Crippen molar-refractivity contribution in [1.29, 1.82) is 0 Å². The van der Waals surface area contributed by atoms with Gasteiger partial charge in [-0.05, 0) is 0 Å². The van der Waals surface area contributed by atoms with E-state index in [2.05, 4.69) is 4.77 Å². The molecule has 0 unspecified atom stereocenters. The van der Waals surface area contributed by atoms with Crippen molar-refractivity contribution in [2.45, 2.75) is 0 Å². The summed E-state index contributed by atoms with van der Waals surface area (Å²) in [4.78, 5) is 0. The Morgan fingerprint density at radius 1 is 1.75 bits per heavy atom. The molecule has 0 atom stereocenters. The van der Waals surface area contributed by atoms with E-state index in [0.29, 0.717) is 0 Å². The van der Waals surface area contributed by atoms with Gasteiger partial charge in [0.25, 0.3) is 0 Å². The van der Waals surface area contributed by atoms with Crippen LogP contribution in [0.5, 0.6) is 0 Å². The van der Waals surface area contributed by atoms with Crippen LogP contribution in [0, 0.1) is 0 Å².